The number of rotatable bonds is 9. The van der Waals surface area contributed by atoms with Crippen molar-refractivity contribution >= 4 is 0 Å². The topological polar surface area (TPSA) is 3.24 Å². The van der Waals surface area contributed by atoms with Crippen molar-refractivity contribution in [2.45, 2.75) is 92.4 Å². The zero-order valence-electron chi connectivity index (χ0n) is 15.6. The van der Waals surface area contributed by atoms with Gasteiger partial charge in [-0.3, -0.25) is 0 Å². The molecule has 21 heavy (non-hydrogen) atoms. The third-order valence-electron chi connectivity index (χ3n) is 5.69. The highest BCUT2D eigenvalue weighted by Gasteiger charge is 2.28. The number of unbranched alkanes of at least 4 members (excludes halogenated alkanes) is 2. The zero-order chi connectivity index (χ0) is 15.7. The van der Waals surface area contributed by atoms with Crippen LogP contribution in [0.3, 0.4) is 0 Å². The van der Waals surface area contributed by atoms with E-state index in [-0.39, 0.29) is 0 Å². The minimum absolute atomic E-state index is 0.552. The fourth-order valence-corrected chi connectivity index (χ4v) is 3.96. The number of hydrogen-bond acceptors (Lipinski definition) is 1. The van der Waals surface area contributed by atoms with Crippen molar-refractivity contribution in [3.8, 4) is 0 Å². The van der Waals surface area contributed by atoms with Crippen LogP contribution in [0.5, 0.6) is 0 Å². The van der Waals surface area contributed by atoms with Crippen LogP contribution in [-0.2, 0) is 0 Å². The van der Waals surface area contributed by atoms with Crippen molar-refractivity contribution in [3.05, 3.63) is 0 Å². The summed E-state index contributed by atoms with van der Waals surface area (Å²) in [6.45, 7) is 16.2. The normalized spacial score (nSPS) is 20.7. The van der Waals surface area contributed by atoms with Gasteiger partial charge in [0, 0.05) is 0 Å². The molecule has 1 unspecified atom stereocenters. The maximum Gasteiger partial charge on any atom is -0.00187 e. The minimum Gasteiger partial charge on any atom is -0.303 e. The van der Waals surface area contributed by atoms with Crippen molar-refractivity contribution < 1.29 is 0 Å². The predicted molar refractivity (Wildman–Crippen MR) is 95.8 cm³/mol. The minimum atomic E-state index is 0.552. The largest absolute Gasteiger partial charge is 0.303 e. The fraction of sp³-hybridized carbons (Fsp3) is 1.00. The van der Waals surface area contributed by atoms with E-state index in [1.807, 2.05) is 0 Å². The Hall–Kier alpha value is -0.0400. The van der Waals surface area contributed by atoms with E-state index in [1.54, 1.807) is 0 Å². The van der Waals surface area contributed by atoms with Gasteiger partial charge in [-0.15, -0.1) is 0 Å². The van der Waals surface area contributed by atoms with Crippen LogP contribution in [0.4, 0.5) is 0 Å². The van der Waals surface area contributed by atoms with Gasteiger partial charge in [-0.25, -0.2) is 0 Å². The molecule has 126 valence electrons. The Balaban J connectivity index is 2.18. The Morgan fingerprint density at radius 1 is 0.857 bits per heavy atom. The smallest absolute Gasteiger partial charge is 0.00187 e. The molecule has 0 radical (unpaired) electrons. The van der Waals surface area contributed by atoms with Gasteiger partial charge in [0.15, 0.2) is 0 Å². The summed E-state index contributed by atoms with van der Waals surface area (Å²) in [5.41, 5.74) is 0.552. The first-order valence-corrected chi connectivity index (χ1v) is 9.66. The average molecular weight is 296 g/mol. The van der Waals surface area contributed by atoms with Crippen molar-refractivity contribution in [2.75, 3.05) is 19.6 Å². The molecule has 1 nitrogen and oxygen atoms in total. The second kappa shape index (κ2) is 9.87. The maximum absolute atomic E-state index is 2.71. The molecule has 1 fully saturated rings. The summed E-state index contributed by atoms with van der Waals surface area (Å²) < 4.78 is 0. The lowest BCUT2D eigenvalue weighted by molar-refractivity contribution is 0.150. The SMILES string of the molecule is CC(C)CC(C)(CCCCCN1CCCCCC1)C(C)C. The molecule has 1 atom stereocenters. The van der Waals surface area contributed by atoms with Crippen molar-refractivity contribution in [1.82, 2.24) is 4.90 Å². The maximum atomic E-state index is 2.71. The molecule has 1 rings (SSSR count). The molecule has 0 saturated carbocycles. The van der Waals surface area contributed by atoms with Crippen molar-refractivity contribution in [1.29, 1.82) is 0 Å². The summed E-state index contributed by atoms with van der Waals surface area (Å²) in [6, 6.07) is 0. The number of likely N-dealkylation sites (tertiary alicyclic amines) is 1. The molecule has 0 spiro atoms. The molecule has 1 aliphatic heterocycles. The van der Waals surface area contributed by atoms with Crippen LogP contribution in [0.1, 0.15) is 92.4 Å². The fourth-order valence-electron chi connectivity index (χ4n) is 3.96. The summed E-state index contributed by atoms with van der Waals surface area (Å²) in [6.07, 6.45) is 12.8. The van der Waals surface area contributed by atoms with Gasteiger partial charge in [0.05, 0.1) is 0 Å². The van der Waals surface area contributed by atoms with Crippen LogP contribution < -0.4 is 0 Å². The van der Waals surface area contributed by atoms with Gasteiger partial charge in [-0.2, -0.15) is 0 Å². The molecule has 0 aromatic rings. The van der Waals surface area contributed by atoms with E-state index < -0.39 is 0 Å². The molecule has 1 heterocycles. The lowest BCUT2D eigenvalue weighted by Crippen LogP contribution is -2.26. The van der Waals surface area contributed by atoms with Crippen LogP contribution in [0.15, 0.2) is 0 Å². The van der Waals surface area contributed by atoms with Crippen LogP contribution in [0, 0.1) is 17.3 Å². The molecule has 0 bridgehead atoms. The van der Waals surface area contributed by atoms with Gasteiger partial charge in [0.2, 0.25) is 0 Å². The molecule has 1 aliphatic rings. The predicted octanol–water partition coefficient (Wildman–Crippen LogP) is 6.13. The van der Waals surface area contributed by atoms with E-state index in [0.717, 1.165) is 11.8 Å². The number of nitrogens with zero attached hydrogens (tertiary/aromatic N) is 1. The summed E-state index contributed by atoms with van der Waals surface area (Å²) in [5.74, 6) is 1.64. The molecule has 1 heteroatoms. The lowest BCUT2D eigenvalue weighted by Gasteiger charge is -2.36. The Bertz CT molecular complexity index is 251. The van der Waals surface area contributed by atoms with Gasteiger partial charge < -0.3 is 4.90 Å². The standard InChI is InChI=1S/C20H41N/c1-18(2)17-20(5,19(3)4)13-9-8-12-16-21-14-10-6-7-11-15-21/h18-19H,6-17H2,1-5H3. The molecule has 1 saturated heterocycles. The van der Waals surface area contributed by atoms with Gasteiger partial charge in [-0.1, -0.05) is 60.3 Å². The summed E-state index contributed by atoms with van der Waals surface area (Å²) in [5, 5.41) is 0. The molecule has 0 aliphatic carbocycles. The van der Waals surface area contributed by atoms with Gasteiger partial charge in [0.25, 0.3) is 0 Å². The Labute approximate surface area is 134 Å². The molecule has 0 amide bonds. The molecular weight excluding hydrogens is 254 g/mol. The van der Waals surface area contributed by atoms with Crippen LogP contribution in [-0.4, -0.2) is 24.5 Å². The Kier molecular flexibility index (Phi) is 8.94. The third-order valence-corrected chi connectivity index (χ3v) is 5.69. The number of hydrogen-bond donors (Lipinski definition) is 0. The van der Waals surface area contributed by atoms with E-state index in [4.69, 9.17) is 0 Å². The first kappa shape index (κ1) is 19.0. The molecule has 0 aromatic carbocycles. The van der Waals surface area contributed by atoms with Gasteiger partial charge in [-0.05, 0) is 69.0 Å². The van der Waals surface area contributed by atoms with Crippen LogP contribution >= 0.6 is 0 Å². The average Bonchev–Trinajstić information content (AvgIpc) is 2.66. The first-order chi connectivity index (χ1) is 9.94. The van der Waals surface area contributed by atoms with Crippen molar-refractivity contribution in [2.24, 2.45) is 17.3 Å². The van der Waals surface area contributed by atoms with E-state index in [1.165, 1.54) is 77.4 Å². The summed E-state index contributed by atoms with van der Waals surface area (Å²) in [4.78, 5) is 2.71. The highest BCUT2D eigenvalue weighted by molar-refractivity contribution is 4.79. The monoisotopic (exact) mass is 295 g/mol. The van der Waals surface area contributed by atoms with Crippen molar-refractivity contribution in [3.63, 3.8) is 0 Å². The van der Waals surface area contributed by atoms with E-state index in [9.17, 15) is 0 Å². The molecule has 0 aromatic heterocycles. The Morgan fingerprint density at radius 3 is 2.00 bits per heavy atom. The highest BCUT2D eigenvalue weighted by Crippen LogP contribution is 2.39. The third kappa shape index (κ3) is 7.68. The molecule has 0 N–H and O–H groups in total. The van der Waals surface area contributed by atoms with E-state index in [2.05, 4.69) is 39.5 Å². The zero-order valence-corrected chi connectivity index (χ0v) is 15.6. The highest BCUT2D eigenvalue weighted by atomic mass is 15.1. The summed E-state index contributed by atoms with van der Waals surface area (Å²) >= 11 is 0. The second-order valence-corrected chi connectivity index (χ2v) is 8.47. The second-order valence-electron chi connectivity index (χ2n) is 8.47. The first-order valence-electron chi connectivity index (χ1n) is 9.66. The lowest BCUT2D eigenvalue weighted by atomic mass is 9.70. The van der Waals surface area contributed by atoms with Gasteiger partial charge in [0.1, 0.15) is 0 Å². The Morgan fingerprint density at radius 2 is 1.48 bits per heavy atom. The van der Waals surface area contributed by atoms with E-state index in [0.29, 0.717) is 5.41 Å². The van der Waals surface area contributed by atoms with E-state index >= 15 is 0 Å². The van der Waals surface area contributed by atoms with Crippen LogP contribution in [0.25, 0.3) is 0 Å². The molecular formula is C20H41N. The quantitative estimate of drug-likeness (QED) is 0.462. The summed E-state index contributed by atoms with van der Waals surface area (Å²) in [7, 11) is 0. The van der Waals surface area contributed by atoms with Gasteiger partial charge >= 0.3 is 0 Å². The van der Waals surface area contributed by atoms with Crippen LogP contribution in [0.2, 0.25) is 0 Å².